The van der Waals surface area contributed by atoms with Crippen LogP contribution in [0.1, 0.15) is 22.2 Å². The Hall–Kier alpha value is -1.72. The predicted molar refractivity (Wildman–Crippen MR) is 74.9 cm³/mol. The van der Waals surface area contributed by atoms with Gasteiger partial charge in [0.15, 0.2) is 0 Å². The zero-order valence-electron chi connectivity index (χ0n) is 10.4. The number of benzene rings is 1. The Balaban J connectivity index is 1.71. The van der Waals surface area contributed by atoms with Crippen molar-refractivity contribution in [3.63, 3.8) is 0 Å². The van der Waals surface area contributed by atoms with Gasteiger partial charge in [-0.1, -0.05) is 24.3 Å². The zero-order chi connectivity index (χ0) is 13.1. The molecule has 19 heavy (non-hydrogen) atoms. The molecule has 0 saturated heterocycles. The van der Waals surface area contributed by atoms with Gasteiger partial charge in [0, 0.05) is 18.1 Å². The highest BCUT2D eigenvalue weighted by molar-refractivity contribution is 7.09. The van der Waals surface area contributed by atoms with Crippen LogP contribution in [0, 0.1) is 0 Å². The maximum absolute atomic E-state index is 12.3. The fourth-order valence-electron chi connectivity index (χ4n) is 2.34. The number of rotatable bonds is 3. The van der Waals surface area contributed by atoms with E-state index in [-0.39, 0.29) is 11.9 Å². The fraction of sp³-hybridized carbons (Fsp3) is 0.286. The summed E-state index contributed by atoms with van der Waals surface area (Å²) in [5, 5.41) is 9.06. The Morgan fingerprint density at radius 3 is 3.21 bits per heavy atom. The molecule has 1 aromatic carbocycles. The van der Waals surface area contributed by atoms with Crippen LogP contribution in [-0.4, -0.2) is 17.4 Å². The van der Waals surface area contributed by atoms with E-state index in [9.17, 15) is 4.79 Å². The first kappa shape index (κ1) is 12.3. The number of amides is 1. The fourth-order valence-corrected chi connectivity index (χ4v) is 2.90. The van der Waals surface area contributed by atoms with Crippen LogP contribution in [-0.2, 0) is 17.8 Å². The number of nitrogens with zero attached hydrogens (tertiary/aromatic N) is 1. The van der Waals surface area contributed by atoms with Crippen molar-refractivity contribution in [2.24, 2.45) is 0 Å². The van der Waals surface area contributed by atoms with Crippen LogP contribution in [0.3, 0.4) is 0 Å². The van der Waals surface area contributed by atoms with Gasteiger partial charge in [-0.15, -0.1) is 11.3 Å². The Morgan fingerprint density at radius 1 is 1.47 bits per heavy atom. The van der Waals surface area contributed by atoms with Crippen molar-refractivity contribution in [1.29, 1.82) is 0 Å². The van der Waals surface area contributed by atoms with Gasteiger partial charge >= 0.3 is 0 Å². The smallest absolute Gasteiger partial charge is 0.242 e. The highest BCUT2D eigenvalue weighted by Crippen LogP contribution is 2.22. The molecule has 1 aliphatic rings. The number of carbonyl (C=O) groups excluding carboxylic acids is 1. The van der Waals surface area contributed by atoms with E-state index in [1.807, 2.05) is 23.6 Å². The number of nitrogens with one attached hydrogen (secondary N) is 2. The molecule has 1 amide bonds. The van der Waals surface area contributed by atoms with Crippen molar-refractivity contribution in [2.45, 2.75) is 19.0 Å². The lowest BCUT2D eigenvalue weighted by Crippen LogP contribution is -2.41. The third kappa shape index (κ3) is 2.67. The number of hydrogen-bond acceptors (Lipinski definition) is 4. The average Bonchev–Trinajstić information content (AvgIpc) is 2.97. The third-order valence-electron chi connectivity index (χ3n) is 3.27. The molecule has 1 unspecified atom stereocenters. The van der Waals surface area contributed by atoms with Gasteiger partial charge in [0.25, 0.3) is 0 Å². The third-order valence-corrected chi connectivity index (χ3v) is 4.05. The van der Waals surface area contributed by atoms with Crippen molar-refractivity contribution in [3.8, 4) is 0 Å². The maximum atomic E-state index is 12.3. The first-order valence-electron chi connectivity index (χ1n) is 6.32. The summed E-state index contributed by atoms with van der Waals surface area (Å²) in [6, 6.07) is 7.87. The molecule has 1 aromatic heterocycles. The van der Waals surface area contributed by atoms with Crippen molar-refractivity contribution >= 4 is 17.2 Å². The standard InChI is InChI=1S/C14H15N3OS/c18-14(17-9-12-15-7-8-19-12)13-11-4-2-1-3-10(11)5-6-16-13/h1-4,7-8,13,16H,5-6,9H2,(H,17,18). The molecule has 0 fully saturated rings. The molecule has 5 heteroatoms. The van der Waals surface area contributed by atoms with Gasteiger partial charge in [-0.25, -0.2) is 4.98 Å². The summed E-state index contributed by atoms with van der Waals surface area (Å²) in [5.74, 6) is 0.0161. The first-order valence-corrected chi connectivity index (χ1v) is 7.20. The monoisotopic (exact) mass is 273 g/mol. The van der Waals surface area contributed by atoms with Crippen LogP contribution in [0.4, 0.5) is 0 Å². The predicted octanol–water partition coefficient (Wildman–Crippen LogP) is 1.65. The van der Waals surface area contributed by atoms with Crippen LogP contribution in [0.25, 0.3) is 0 Å². The molecule has 0 aliphatic carbocycles. The normalized spacial score (nSPS) is 17.8. The molecular weight excluding hydrogens is 258 g/mol. The van der Waals surface area contributed by atoms with Crippen LogP contribution in [0.15, 0.2) is 35.8 Å². The van der Waals surface area contributed by atoms with Crippen molar-refractivity contribution < 1.29 is 4.79 Å². The first-order chi connectivity index (χ1) is 9.34. The molecule has 0 bridgehead atoms. The second-order valence-corrected chi connectivity index (χ2v) is 5.46. The SMILES string of the molecule is O=C(NCc1nccs1)C1NCCc2ccccc21. The van der Waals surface area contributed by atoms with E-state index in [4.69, 9.17) is 0 Å². The van der Waals surface area contributed by atoms with Crippen LogP contribution in [0.2, 0.25) is 0 Å². The Morgan fingerprint density at radius 2 is 2.37 bits per heavy atom. The molecule has 1 atom stereocenters. The van der Waals surface area contributed by atoms with Crippen LogP contribution < -0.4 is 10.6 Å². The number of carbonyl (C=O) groups is 1. The van der Waals surface area contributed by atoms with Gasteiger partial charge in [0.05, 0.1) is 6.54 Å². The van der Waals surface area contributed by atoms with Gasteiger partial charge in [0.1, 0.15) is 11.0 Å². The minimum atomic E-state index is -0.245. The summed E-state index contributed by atoms with van der Waals surface area (Å²) in [6.07, 6.45) is 2.73. The largest absolute Gasteiger partial charge is 0.348 e. The number of hydrogen-bond donors (Lipinski definition) is 2. The van der Waals surface area contributed by atoms with Gasteiger partial charge in [0.2, 0.25) is 5.91 Å². The maximum Gasteiger partial charge on any atom is 0.242 e. The molecule has 98 valence electrons. The van der Waals surface area contributed by atoms with E-state index < -0.39 is 0 Å². The minimum Gasteiger partial charge on any atom is -0.348 e. The van der Waals surface area contributed by atoms with Crippen molar-refractivity contribution in [2.75, 3.05) is 6.54 Å². The number of thiazole rings is 1. The lowest BCUT2D eigenvalue weighted by Gasteiger charge is -2.25. The second kappa shape index (κ2) is 5.50. The lowest BCUT2D eigenvalue weighted by molar-refractivity contribution is -0.123. The molecule has 4 nitrogen and oxygen atoms in total. The summed E-state index contributed by atoms with van der Waals surface area (Å²) < 4.78 is 0. The number of fused-ring (bicyclic) bond motifs is 1. The Bertz CT molecular complexity index is 568. The minimum absolute atomic E-state index is 0.0161. The molecule has 0 radical (unpaired) electrons. The summed E-state index contributed by atoms with van der Waals surface area (Å²) in [4.78, 5) is 16.4. The Labute approximate surface area is 115 Å². The summed E-state index contributed by atoms with van der Waals surface area (Å²) in [6.45, 7) is 1.34. The molecule has 3 rings (SSSR count). The summed E-state index contributed by atoms with van der Waals surface area (Å²) >= 11 is 1.55. The molecule has 1 aliphatic heterocycles. The second-order valence-electron chi connectivity index (χ2n) is 4.48. The topological polar surface area (TPSA) is 54.0 Å². The average molecular weight is 273 g/mol. The quantitative estimate of drug-likeness (QED) is 0.894. The molecule has 0 spiro atoms. The van der Waals surface area contributed by atoms with Gasteiger partial charge in [-0.2, -0.15) is 0 Å². The molecular formula is C14H15N3OS. The van der Waals surface area contributed by atoms with E-state index in [1.165, 1.54) is 5.56 Å². The van der Waals surface area contributed by atoms with Gasteiger partial charge in [-0.05, 0) is 17.5 Å². The summed E-state index contributed by atoms with van der Waals surface area (Å²) in [5.41, 5.74) is 2.35. The van der Waals surface area contributed by atoms with Gasteiger partial charge < -0.3 is 10.6 Å². The van der Waals surface area contributed by atoms with Crippen molar-refractivity contribution in [3.05, 3.63) is 52.0 Å². The van der Waals surface area contributed by atoms with E-state index in [0.29, 0.717) is 6.54 Å². The highest BCUT2D eigenvalue weighted by atomic mass is 32.1. The molecule has 2 aromatic rings. The lowest BCUT2D eigenvalue weighted by atomic mass is 9.94. The van der Waals surface area contributed by atoms with Gasteiger partial charge in [-0.3, -0.25) is 4.79 Å². The molecule has 2 heterocycles. The Kier molecular flexibility index (Phi) is 3.57. The van der Waals surface area contributed by atoms with E-state index in [2.05, 4.69) is 21.7 Å². The number of aromatic nitrogens is 1. The van der Waals surface area contributed by atoms with Crippen LogP contribution >= 0.6 is 11.3 Å². The van der Waals surface area contributed by atoms with Crippen molar-refractivity contribution in [1.82, 2.24) is 15.6 Å². The zero-order valence-corrected chi connectivity index (χ0v) is 11.2. The molecule has 2 N–H and O–H groups in total. The summed E-state index contributed by atoms with van der Waals surface area (Å²) in [7, 11) is 0. The molecule has 0 saturated carbocycles. The highest BCUT2D eigenvalue weighted by Gasteiger charge is 2.25. The van der Waals surface area contributed by atoms with Crippen LogP contribution in [0.5, 0.6) is 0 Å². The van der Waals surface area contributed by atoms with E-state index >= 15 is 0 Å². The van der Waals surface area contributed by atoms with E-state index in [0.717, 1.165) is 23.5 Å². The van der Waals surface area contributed by atoms with E-state index in [1.54, 1.807) is 17.5 Å².